The van der Waals surface area contributed by atoms with Crippen LogP contribution < -0.4 is 18.9 Å². The zero-order chi connectivity index (χ0) is 59.5. The minimum absolute atomic E-state index is 0.00589. The van der Waals surface area contributed by atoms with Gasteiger partial charge in [0.1, 0.15) is 34.5 Å². The van der Waals surface area contributed by atoms with Gasteiger partial charge in [-0.05, 0) is 89.8 Å². The predicted octanol–water partition coefficient (Wildman–Crippen LogP) is 15.8. The van der Waals surface area contributed by atoms with Gasteiger partial charge in [-0.2, -0.15) is 0 Å². The zero-order valence-corrected chi connectivity index (χ0v) is 50.7. The van der Waals surface area contributed by atoms with Gasteiger partial charge in [0.2, 0.25) is 0 Å². The molecule has 1 aromatic heterocycles. The molecule has 0 aliphatic heterocycles. The average Bonchev–Trinajstić information content (AvgIpc) is 3.63. The summed E-state index contributed by atoms with van der Waals surface area (Å²) in [4.78, 5) is 67.1. The molecule has 16 nitrogen and oxygen atoms in total. The highest BCUT2D eigenvalue weighted by Crippen LogP contribution is 2.39. The number of hydrogen-bond donors (Lipinski definition) is 2. The van der Waals surface area contributed by atoms with Crippen molar-refractivity contribution < 1.29 is 62.5 Å². The van der Waals surface area contributed by atoms with Crippen molar-refractivity contribution in [2.75, 3.05) is 19.8 Å². The van der Waals surface area contributed by atoms with Crippen molar-refractivity contribution >= 4 is 23.7 Å². The van der Waals surface area contributed by atoms with E-state index < -0.39 is 42.3 Å². The maximum atomic E-state index is 13.5. The summed E-state index contributed by atoms with van der Waals surface area (Å²) in [6, 6.07) is 13.7. The summed E-state index contributed by atoms with van der Waals surface area (Å²) in [5.41, 5.74) is 0.562. The molecule has 0 saturated heterocycles. The van der Waals surface area contributed by atoms with Gasteiger partial charge in [-0.3, -0.25) is 4.79 Å². The molecule has 4 rings (SSSR count). The van der Waals surface area contributed by atoms with E-state index in [-0.39, 0.29) is 94.3 Å². The Morgan fingerprint density at radius 2 is 0.683 bits per heavy atom. The molecule has 3 aromatic carbocycles. The molecule has 0 bridgehead atoms. The van der Waals surface area contributed by atoms with Gasteiger partial charge >= 0.3 is 17.9 Å². The first-order chi connectivity index (χ1) is 39.7. The van der Waals surface area contributed by atoms with Gasteiger partial charge in [0.25, 0.3) is 0 Å². The largest absolute Gasteiger partial charge is 0.507 e. The molecule has 4 atom stereocenters. The number of aromatic hydroxyl groups is 2. The molecule has 16 heteroatoms. The number of nitrogens with zero attached hydrogens (tertiary/aromatic N) is 3. The Bertz CT molecular complexity index is 2410. The molecule has 0 aliphatic rings. The number of ketones is 1. The van der Waals surface area contributed by atoms with E-state index in [0.717, 1.165) is 122 Å². The van der Waals surface area contributed by atoms with Crippen LogP contribution in [0.15, 0.2) is 54.6 Å². The van der Waals surface area contributed by atoms with Crippen LogP contribution in [0.2, 0.25) is 0 Å². The molecule has 0 aliphatic carbocycles. The molecule has 0 spiro atoms. The summed E-state index contributed by atoms with van der Waals surface area (Å²) in [6.07, 6.45) is 22.8. The number of rotatable bonds is 44. The van der Waals surface area contributed by atoms with Crippen LogP contribution in [0.25, 0.3) is 34.2 Å². The molecule has 454 valence electrons. The van der Waals surface area contributed by atoms with E-state index in [0.29, 0.717) is 12.8 Å². The Hall–Kier alpha value is -6.45. The molecule has 0 amide bonds. The third-order valence-electron chi connectivity index (χ3n) is 14.2. The minimum Gasteiger partial charge on any atom is -0.507 e. The van der Waals surface area contributed by atoms with Crippen molar-refractivity contribution in [3.05, 3.63) is 54.6 Å². The van der Waals surface area contributed by atoms with Crippen LogP contribution in [-0.2, 0) is 33.4 Å². The summed E-state index contributed by atoms with van der Waals surface area (Å²) < 4.78 is 41.2. The predicted molar refractivity (Wildman–Crippen MR) is 320 cm³/mol. The maximum absolute atomic E-state index is 13.5. The number of carbonyl (C=O) groups is 4. The number of unbranched alkanes of at least 4 members (excludes halogenated alkanes) is 21. The van der Waals surface area contributed by atoms with Gasteiger partial charge in [-0.15, -0.1) is 0 Å². The lowest BCUT2D eigenvalue weighted by atomic mass is 10.1. The lowest BCUT2D eigenvalue weighted by Crippen LogP contribution is -2.27. The normalized spacial score (nSPS) is 12.7. The summed E-state index contributed by atoms with van der Waals surface area (Å²) in [7, 11) is 0. The topological polar surface area (TPSA) is 212 Å². The summed E-state index contributed by atoms with van der Waals surface area (Å²) in [5.74, 6) is -1.54. The van der Waals surface area contributed by atoms with Gasteiger partial charge in [0, 0.05) is 24.6 Å². The van der Waals surface area contributed by atoms with Crippen molar-refractivity contribution in [1.82, 2.24) is 15.0 Å². The smallest absolute Gasteiger partial charge is 0.347 e. The number of benzene rings is 3. The number of Topliss-reactive ketones (excluding diaryl/α,β-unsaturated/α-hetero) is 1. The molecular formula is C66H97N3O13. The summed E-state index contributed by atoms with van der Waals surface area (Å²) in [5, 5.41) is 23.3. The SMILES string of the molecule is CCCCCCCCCC(=O)C(C)Oc1ccc(-c2nc(-c3ccc(OC(C)C(=O)OCCCCCCCC)cc3O)nc(-c3ccc(OC(C)C(=O)OCCCCCCCC)cc3OC(C)C(=O)OCCCCCCCC)n2)c(O)c1. The molecule has 0 fully saturated rings. The lowest BCUT2D eigenvalue weighted by molar-refractivity contribution is -0.152. The number of hydrogen-bond acceptors (Lipinski definition) is 16. The van der Waals surface area contributed by atoms with E-state index in [1.165, 1.54) is 56.4 Å². The number of aromatic nitrogens is 3. The fraction of sp³-hybridized carbons (Fsp3) is 0.621. The molecule has 1 heterocycles. The molecule has 0 saturated carbocycles. The van der Waals surface area contributed by atoms with E-state index in [2.05, 4.69) is 27.7 Å². The van der Waals surface area contributed by atoms with Crippen LogP contribution in [0.1, 0.15) is 222 Å². The van der Waals surface area contributed by atoms with Crippen molar-refractivity contribution in [1.29, 1.82) is 0 Å². The maximum Gasteiger partial charge on any atom is 0.347 e. The van der Waals surface area contributed by atoms with E-state index >= 15 is 0 Å². The quantitative estimate of drug-likeness (QED) is 0.0239. The average molecular weight is 1140 g/mol. The first-order valence-corrected chi connectivity index (χ1v) is 31.0. The van der Waals surface area contributed by atoms with Gasteiger partial charge < -0.3 is 43.4 Å². The van der Waals surface area contributed by atoms with E-state index in [4.69, 9.17) is 48.1 Å². The monoisotopic (exact) mass is 1140 g/mol. The molecular weight excluding hydrogens is 1040 g/mol. The Labute approximate surface area is 489 Å². The van der Waals surface area contributed by atoms with Gasteiger partial charge in [-0.1, -0.05) is 163 Å². The third kappa shape index (κ3) is 25.0. The van der Waals surface area contributed by atoms with Crippen LogP contribution >= 0.6 is 0 Å². The number of phenolic OH excluding ortho intramolecular Hbond substituents is 2. The molecule has 82 heavy (non-hydrogen) atoms. The number of phenols is 2. The second-order valence-electron chi connectivity index (χ2n) is 21.5. The van der Waals surface area contributed by atoms with Crippen LogP contribution in [0, 0.1) is 0 Å². The van der Waals surface area contributed by atoms with Crippen molar-refractivity contribution in [3.63, 3.8) is 0 Å². The fourth-order valence-corrected chi connectivity index (χ4v) is 9.13. The Morgan fingerprint density at radius 3 is 1.06 bits per heavy atom. The highest BCUT2D eigenvalue weighted by molar-refractivity contribution is 5.83. The van der Waals surface area contributed by atoms with Gasteiger partial charge in [-0.25, -0.2) is 29.3 Å². The van der Waals surface area contributed by atoms with Crippen LogP contribution in [-0.4, -0.2) is 93.1 Å². The minimum atomic E-state index is -1.12. The number of esters is 3. The highest BCUT2D eigenvalue weighted by Gasteiger charge is 2.26. The lowest BCUT2D eigenvalue weighted by Gasteiger charge is -2.19. The molecule has 4 unspecified atom stereocenters. The third-order valence-corrected chi connectivity index (χ3v) is 14.2. The second-order valence-corrected chi connectivity index (χ2v) is 21.5. The van der Waals surface area contributed by atoms with Crippen molar-refractivity contribution in [2.45, 2.75) is 247 Å². The first-order valence-electron chi connectivity index (χ1n) is 31.0. The Kier molecular flexibility index (Phi) is 32.5. The van der Waals surface area contributed by atoms with E-state index in [1.807, 2.05) is 0 Å². The fourth-order valence-electron chi connectivity index (χ4n) is 9.13. The Balaban J connectivity index is 1.71. The molecule has 2 N–H and O–H groups in total. The molecule has 0 radical (unpaired) electrons. The first kappa shape index (κ1) is 68.1. The Morgan fingerprint density at radius 1 is 0.378 bits per heavy atom. The van der Waals surface area contributed by atoms with Crippen LogP contribution in [0.5, 0.6) is 34.5 Å². The summed E-state index contributed by atoms with van der Waals surface area (Å²) in [6.45, 7) is 15.9. The van der Waals surface area contributed by atoms with Crippen LogP contribution in [0.3, 0.4) is 0 Å². The van der Waals surface area contributed by atoms with E-state index in [1.54, 1.807) is 58.0 Å². The van der Waals surface area contributed by atoms with Gasteiger partial charge in [0.05, 0.1) is 36.5 Å². The van der Waals surface area contributed by atoms with Crippen molar-refractivity contribution in [2.24, 2.45) is 0 Å². The second kappa shape index (κ2) is 39.1. The highest BCUT2D eigenvalue weighted by atomic mass is 16.6. The number of ether oxygens (including phenoxy) is 7. The standard InChI is InChI=1S/C66H97N3O13/c1-9-13-17-21-25-26-30-34-57(70)47(5)79-51-35-38-54(58(71)44-51)61-67-62(55-39-36-52(45-59(55)72)80-48(6)64(73)76-41-31-27-22-18-14-10-2)69-63(68-61)56-40-37-53(81-49(7)65(74)77-42-32-28-23-19-15-11-3)46-60(56)82-50(8)66(75)78-43-33-29-24-20-16-12-4/h35-40,44-50,71-72H,9-34,41-43H2,1-8H3. The van der Waals surface area contributed by atoms with Crippen LogP contribution in [0.4, 0.5) is 0 Å². The van der Waals surface area contributed by atoms with E-state index in [9.17, 15) is 29.4 Å². The molecule has 4 aromatic rings. The zero-order valence-electron chi connectivity index (χ0n) is 50.7. The van der Waals surface area contributed by atoms with Gasteiger partial charge in [0.15, 0.2) is 47.7 Å². The van der Waals surface area contributed by atoms with Crippen molar-refractivity contribution in [3.8, 4) is 68.7 Å². The number of carbonyl (C=O) groups excluding carboxylic acids is 4. The summed E-state index contributed by atoms with van der Waals surface area (Å²) >= 11 is 0.